The molecule has 0 atom stereocenters. The second-order valence-electron chi connectivity index (χ2n) is 6.92. The molecule has 0 saturated heterocycles. The SMILES string of the molecule is CC(=O)Nc1ccc(S(=O)(=O)NCCSc2nnc3c(n2)[nH]c2ccc(C)cc23)cc1. The molecule has 2 heterocycles. The molecule has 0 saturated carbocycles. The molecular formula is C20H20N6O3S2. The standard InChI is InChI=1S/C20H20N6O3S2/c1-12-3-8-17-16(11-12)18-19(23-17)24-20(26-25-18)30-10-9-21-31(28,29)15-6-4-14(5-7-15)22-13(2)27/h3-8,11,21H,9-10H2,1-2H3,(H,22,27)(H,23,24,26). The molecule has 160 valence electrons. The summed E-state index contributed by atoms with van der Waals surface area (Å²) in [6, 6.07) is 12.0. The summed E-state index contributed by atoms with van der Waals surface area (Å²) in [5.74, 6) is 0.221. The molecule has 0 bridgehead atoms. The number of aromatic amines is 1. The highest BCUT2D eigenvalue weighted by Gasteiger charge is 2.14. The first kappa shape index (κ1) is 21.2. The Kier molecular flexibility index (Phi) is 5.90. The number of carbonyl (C=O) groups is 1. The zero-order valence-electron chi connectivity index (χ0n) is 16.8. The van der Waals surface area contributed by atoms with Crippen LogP contribution in [0.5, 0.6) is 0 Å². The van der Waals surface area contributed by atoms with E-state index in [2.05, 4.69) is 30.2 Å². The lowest BCUT2D eigenvalue weighted by molar-refractivity contribution is -0.114. The zero-order valence-corrected chi connectivity index (χ0v) is 18.5. The van der Waals surface area contributed by atoms with Crippen LogP contribution < -0.4 is 10.0 Å². The van der Waals surface area contributed by atoms with Crippen LogP contribution in [-0.2, 0) is 14.8 Å². The number of rotatable bonds is 7. The summed E-state index contributed by atoms with van der Waals surface area (Å²) in [4.78, 5) is 18.9. The number of hydrogen-bond acceptors (Lipinski definition) is 7. The number of carbonyl (C=O) groups excluding carboxylic acids is 1. The fourth-order valence-electron chi connectivity index (χ4n) is 3.05. The van der Waals surface area contributed by atoms with Crippen LogP contribution in [0.3, 0.4) is 0 Å². The Morgan fingerprint density at radius 1 is 1.13 bits per heavy atom. The van der Waals surface area contributed by atoms with Crippen LogP contribution in [0, 0.1) is 6.92 Å². The first-order valence-corrected chi connectivity index (χ1v) is 11.9. The van der Waals surface area contributed by atoms with E-state index in [1.807, 2.05) is 25.1 Å². The van der Waals surface area contributed by atoms with Gasteiger partial charge in [-0.1, -0.05) is 23.4 Å². The van der Waals surface area contributed by atoms with Crippen molar-refractivity contribution in [2.75, 3.05) is 17.6 Å². The van der Waals surface area contributed by atoms with E-state index in [1.54, 1.807) is 12.1 Å². The maximum atomic E-state index is 12.4. The summed E-state index contributed by atoms with van der Waals surface area (Å²) in [6.45, 7) is 3.61. The number of thioether (sulfide) groups is 1. The highest BCUT2D eigenvalue weighted by molar-refractivity contribution is 7.99. The Hall–Kier alpha value is -3.02. The first-order valence-electron chi connectivity index (χ1n) is 9.45. The van der Waals surface area contributed by atoms with Gasteiger partial charge in [-0.3, -0.25) is 4.79 Å². The fraction of sp³-hybridized carbons (Fsp3) is 0.200. The fourth-order valence-corrected chi connectivity index (χ4v) is 4.86. The first-order chi connectivity index (χ1) is 14.8. The summed E-state index contributed by atoms with van der Waals surface area (Å²) in [7, 11) is -3.65. The minimum atomic E-state index is -3.65. The predicted molar refractivity (Wildman–Crippen MR) is 121 cm³/mol. The van der Waals surface area contributed by atoms with Crippen molar-refractivity contribution in [2.45, 2.75) is 23.9 Å². The molecule has 31 heavy (non-hydrogen) atoms. The van der Waals surface area contributed by atoms with E-state index in [-0.39, 0.29) is 17.3 Å². The molecule has 2 aromatic heterocycles. The van der Waals surface area contributed by atoms with Gasteiger partial charge < -0.3 is 10.3 Å². The number of aryl methyl sites for hydroxylation is 1. The van der Waals surface area contributed by atoms with Crippen LogP contribution in [0.2, 0.25) is 0 Å². The number of nitrogens with one attached hydrogen (secondary N) is 3. The molecule has 4 aromatic rings. The van der Waals surface area contributed by atoms with Crippen molar-refractivity contribution in [1.82, 2.24) is 24.9 Å². The van der Waals surface area contributed by atoms with Gasteiger partial charge in [-0.2, -0.15) is 0 Å². The number of sulfonamides is 1. The molecule has 0 aliphatic rings. The number of aromatic nitrogens is 4. The van der Waals surface area contributed by atoms with Crippen LogP contribution in [0.1, 0.15) is 12.5 Å². The molecule has 3 N–H and O–H groups in total. The molecule has 9 nitrogen and oxygen atoms in total. The third-order valence-corrected chi connectivity index (χ3v) is 6.78. The van der Waals surface area contributed by atoms with Crippen molar-refractivity contribution in [2.24, 2.45) is 0 Å². The van der Waals surface area contributed by atoms with Gasteiger partial charge in [0.1, 0.15) is 5.52 Å². The molecule has 11 heteroatoms. The van der Waals surface area contributed by atoms with E-state index in [0.717, 1.165) is 16.5 Å². The number of benzene rings is 2. The Labute approximate surface area is 183 Å². The van der Waals surface area contributed by atoms with Crippen molar-refractivity contribution in [3.63, 3.8) is 0 Å². The molecule has 0 unspecified atom stereocenters. The zero-order chi connectivity index (χ0) is 22.0. The highest BCUT2D eigenvalue weighted by Crippen LogP contribution is 2.24. The van der Waals surface area contributed by atoms with Crippen LogP contribution in [-0.4, -0.2) is 46.8 Å². The summed E-state index contributed by atoms with van der Waals surface area (Å²) in [6.07, 6.45) is 0. The Morgan fingerprint density at radius 2 is 1.90 bits per heavy atom. The second kappa shape index (κ2) is 8.61. The molecule has 0 fully saturated rings. The van der Waals surface area contributed by atoms with Crippen LogP contribution in [0.15, 0.2) is 52.5 Å². The molecule has 0 aliphatic carbocycles. The van der Waals surface area contributed by atoms with Gasteiger partial charge in [-0.15, -0.1) is 10.2 Å². The van der Waals surface area contributed by atoms with Crippen molar-refractivity contribution < 1.29 is 13.2 Å². The number of fused-ring (bicyclic) bond motifs is 3. The van der Waals surface area contributed by atoms with Crippen molar-refractivity contribution >= 4 is 55.4 Å². The average Bonchev–Trinajstić information content (AvgIpc) is 3.08. The van der Waals surface area contributed by atoms with Crippen molar-refractivity contribution in [1.29, 1.82) is 0 Å². The van der Waals surface area contributed by atoms with Crippen molar-refractivity contribution in [3.05, 3.63) is 48.0 Å². The van der Waals surface area contributed by atoms with Crippen LogP contribution in [0.25, 0.3) is 22.1 Å². The topological polar surface area (TPSA) is 130 Å². The van der Waals surface area contributed by atoms with Gasteiger partial charge in [-0.25, -0.2) is 18.1 Å². The Morgan fingerprint density at radius 3 is 2.65 bits per heavy atom. The molecule has 0 aliphatic heterocycles. The highest BCUT2D eigenvalue weighted by atomic mass is 32.2. The van der Waals surface area contributed by atoms with Crippen LogP contribution >= 0.6 is 11.8 Å². The molecule has 4 rings (SSSR count). The Balaban J connectivity index is 1.37. The van der Waals surface area contributed by atoms with E-state index in [0.29, 0.717) is 27.8 Å². The summed E-state index contributed by atoms with van der Waals surface area (Å²) in [5, 5.41) is 12.5. The lowest BCUT2D eigenvalue weighted by Crippen LogP contribution is -2.26. The minimum absolute atomic E-state index is 0.124. The monoisotopic (exact) mass is 456 g/mol. The third-order valence-electron chi connectivity index (χ3n) is 4.46. The maximum Gasteiger partial charge on any atom is 0.240 e. The molecule has 0 radical (unpaired) electrons. The van der Waals surface area contributed by atoms with E-state index >= 15 is 0 Å². The maximum absolute atomic E-state index is 12.4. The van der Waals surface area contributed by atoms with Gasteiger partial charge in [-0.05, 0) is 43.3 Å². The largest absolute Gasteiger partial charge is 0.338 e. The van der Waals surface area contributed by atoms with E-state index in [9.17, 15) is 13.2 Å². The van der Waals surface area contributed by atoms with E-state index in [1.165, 1.54) is 30.8 Å². The summed E-state index contributed by atoms with van der Waals surface area (Å²) in [5.41, 5.74) is 3.98. The number of nitrogens with zero attached hydrogens (tertiary/aromatic N) is 3. The quantitative estimate of drug-likeness (QED) is 0.288. The molecule has 1 amide bonds. The lowest BCUT2D eigenvalue weighted by Gasteiger charge is -2.07. The van der Waals surface area contributed by atoms with Gasteiger partial charge in [0.05, 0.1) is 4.90 Å². The van der Waals surface area contributed by atoms with E-state index in [4.69, 9.17) is 0 Å². The summed E-state index contributed by atoms with van der Waals surface area (Å²) >= 11 is 1.31. The lowest BCUT2D eigenvalue weighted by atomic mass is 10.2. The van der Waals surface area contributed by atoms with Gasteiger partial charge in [0.15, 0.2) is 5.65 Å². The second-order valence-corrected chi connectivity index (χ2v) is 9.75. The number of H-pyrrole nitrogens is 1. The van der Waals surface area contributed by atoms with Gasteiger partial charge in [0.25, 0.3) is 0 Å². The number of hydrogen-bond donors (Lipinski definition) is 3. The Bertz CT molecular complexity index is 1370. The van der Waals surface area contributed by atoms with Gasteiger partial charge >= 0.3 is 0 Å². The van der Waals surface area contributed by atoms with Gasteiger partial charge in [0, 0.05) is 35.8 Å². The van der Waals surface area contributed by atoms with Crippen LogP contribution in [0.4, 0.5) is 5.69 Å². The molecule has 0 spiro atoms. The number of anilines is 1. The summed E-state index contributed by atoms with van der Waals surface area (Å²) < 4.78 is 27.4. The van der Waals surface area contributed by atoms with Crippen molar-refractivity contribution in [3.8, 4) is 0 Å². The molecular weight excluding hydrogens is 436 g/mol. The van der Waals surface area contributed by atoms with Gasteiger partial charge in [0.2, 0.25) is 21.1 Å². The number of amides is 1. The smallest absolute Gasteiger partial charge is 0.240 e. The minimum Gasteiger partial charge on any atom is -0.338 e. The predicted octanol–water partition coefficient (Wildman–Crippen LogP) is 2.84. The molecule has 2 aromatic carbocycles. The normalized spacial score (nSPS) is 11.8. The average molecular weight is 457 g/mol. The van der Waals surface area contributed by atoms with E-state index < -0.39 is 10.0 Å². The third kappa shape index (κ3) is 4.84.